The van der Waals surface area contributed by atoms with E-state index in [1.165, 1.54) is 36.4 Å². The number of fused-ring (bicyclic) bond motifs is 1. The summed E-state index contributed by atoms with van der Waals surface area (Å²) >= 11 is 0. The van der Waals surface area contributed by atoms with Crippen LogP contribution in [0.4, 0.5) is 22.0 Å². The molecule has 31 heavy (non-hydrogen) atoms. The second kappa shape index (κ2) is 7.79. The topological polar surface area (TPSA) is 34.9 Å². The molecule has 0 saturated carbocycles. The number of rotatable bonds is 3. The van der Waals surface area contributed by atoms with Crippen LogP contribution in [0.15, 0.2) is 71.5 Å². The third-order valence-electron chi connectivity index (χ3n) is 4.60. The van der Waals surface area contributed by atoms with E-state index in [1.807, 2.05) is 0 Å². The molecule has 3 nitrogen and oxygen atoms in total. The zero-order valence-electron chi connectivity index (χ0n) is 15.7. The van der Waals surface area contributed by atoms with Gasteiger partial charge in [0, 0.05) is 0 Å². The lowest BCUT2D eigenvalue weighted by Crippen LogP contribution is -2.22. The number of halogens is 5. The van der Waals surface area contributed by atoms with Gasteiger partial charge in [0.15, 0.2) is 11.6 Å². The van der Waals surface area contributed by atoms with Crippen molar-refractivity contribution in [3.05, 3.63) is 106 Å². The lowest BCUT2D eigenvalue weighted by Gasteiger charge is -2.14. The molecule has 3 aromatic carbocycles. The largest absolute Gasteiger partial charge is 0.416 e. The van der Waals surface area contributed by atoms with E-state index in [9.17, 15) is 26.7 Å². The van der Waals surface area contributed by atoms with Gasteiger partial charge in [0.25, 0.3) is 5.56 Å². The molecule has 1 heterocycles. The van der Waals surface area contributed by atoms with Crippen molar-refractivity contribution < 1.29 is 22.0 Å². The summed E-state index contributed by atoms with van der Waals surface area (Å²) in [6, 6.07) is 14.0. The number of nitrogens with zero attached hydrogens (tertiary/aromatic N) is 2. The third-order valence-corrected chi connectivity index (χ3v) is 4.60. The highest BCUT2D eigenvalue weighted by Gasteiger charge is 2.30. The molecule has 0 spiro atoms. The first kappa shape index (κ1) is 20.5. The molecule has 8 heteroatoms. The molecule has 0 radical (unpaired) electrons. The minimum Gasteiger partial charge on any atom is -0.268 e. The number of benzene rings is 3. The molecule has 0 bridgehead atoms. The average Bonchev–Trinajstić information content (AvgIpc) is 2.74. The Morgan fingerprint density at radius 3 is 2.35 bits per heavy atom. The van der Waals surface area contributed by atoms with Gasteiger partial charge in [0.2, 0.25) is 0 Å². The molecule has 0 saturated heterocycles. The molecule has 0 fully saturated rings. The van der Waals surface area contributed by atoms with Crippen molar-refractivity contribution in [1.29, 1.82) is 0 Å². The number of aromatic nitrogens is 2. The molecule has 0 aliphatic heterocycles. The Morgan fingerprint density at radius 1 is 0.839 bits per heavy atom. The van der Waals surface area contributed by atoms with Gasteiger partial charge in [0.1, 0.15) is 5.82 Å². The fourth-order valence-electron chi connectivity index (χ4n) is 3.12. The predicted molar refractivity (Wildman–Crippen MR) is 108 cm³/mol. The lowest BCUT2D eigenvalue weighted by atomic mass is 10.1. The maximum absolute atomic E-state index is 13.5. The van der Waals surface area contributed by atoms with Crippen molar-refractivity contribution in [2.24, 2.45) is 0 Å². The lowest BCUT2D eigenvalue weighted by molar-refractivity contribution is -0.137. The van der Waals surface area contributed by atoms with Crippen molar-refractivity contribution in [2.45, 2.75) is 6.18 Å². The van der Waals surface area contributed by atoms with Crippen molar-refractivity contribution >= 4 is 23.1 Å². The van der Waals surface area contributed by atoms with E-state index in [0.29, 0.717) is 5.52 Å². The summed E-state index contributed by atoms with van der Waals surface area (Å²) in [6.07, 6.45) is -1.84. The Bertz CT molecular complexity index is 1370. The molecule has 1 aromatic heterocycles. The van der Waals surface area contributed by atoms with Crippen LogP contribution in [-0.2, 0) is 6.18 Å². The maximum atomic E-state index is 13.5. The van der Waals surface area contributed by atoms with Gasteiger partial charge in [-0.2, -0.15) is 13.2 Å². The van der Waals surface area contributed by atoms with E-state index in [2.05, 4.69) is 4.98 Å². The van der Waals surface area contributed by atoms with Gasteiger partial charge in [-0.05, 0) is 54.1 Å². The fraction of sp³-hybridized carbons (Fsp3) is 0.0435. The summed E-state index contributed by atoms with van der Waals surface area (Å²) in [6.45, 7) is 0. The third kappa shape index (κ3) is 4.09. The van der Waals surface area contributed by atoms with E-state index in [1.54, 1.807) is 18.2 Å². The molecule has 0 N–H and O–H groups in total. The molecule has 0 aliphatic rings. The van der Waals surface area contributed by atoms with E-state index in [-0.39, 0.29) is 22.5 Å². The Kier molecular flexibility index (Phi) is 5.14. The van der Waals surface area contributed by atoms with Crippen LogP contribution >= 0.6 is 0 Å². The zero-order valence-corrected chi connectivity index (χ0v) is 15.7. The van der Waals surface area contributed by atoms with E-state index in [4.69, 9.17) is 0 Å². The van der Waals surface area contributed by atoms with Crippen LogP contribution in [0, 0.1) is 11.6 Å². The molecule has 156 valence electrons. The molecule has 4 aromatic rings. The molecule has 0 unspecified atom stereocenters. The standard InChI is InChI=1S/C23H13F5N2O/c24-18-10-8-14(12-19(18)25)9-11-21-29-20-7-2-1-6-17(20)22(31)30(21)16-5-3-4-15(13-16)23(26,27)28/h1-13H. The van der Waals surface area contributed by atoms with Crippen LogP contribution in [0.2, 0.25) is 0 Å². The smallest absolute Gasteiger partial charge is 0.268 e. The van der Waals surface area contributed by atoms with Gasteiger partial charge in [-0.1, -0.05) is 30.3 Å². The normalized spacial score (nSPS) is 12.0. The maximum Gasteiger partial charge on any atom is 0.416 e. The number of hydrogen-bond acceptors (Lipinski definition) is 2. The second-order valence-corrected chi connectivity index (χ2v) is 6.68. The van der Waals surface area contributed by atoms with E-state index in [0.717, 1.165) is 28.8 Å². The van der Waals surface area contributed by atoms with Gasteiger partial charge >= 0.3 is 6.18 Å². The molecular weight excluding hydrogens is 415 g/mol. The van der Waals surface area contributed by atoms with Crippen LogP contribution in [0.1, 0.15) is 17.0 Å². The number of alkyl halides is 3. The van der Waals surface area contributed by atoms with Crippen LogP contribution in [-0.4, -0.2) is 9.55 Å². The highest BCUT2D eigenvalue weighted by atomic mass is 19.4. The van der Waals surface area contributed by atoms with Gasteiger partial charge in [-0.3, -0.25) is 9.36 Å². The van der Waals surface area contributed by atoms with Gasteiger partial charge < -0.3 is 0 Å². The summed E-state index contributed by atoms with van der Waals surface area (Å²) in [5.74, 6) is -2.03. The monoisotopic (exact) mass is 428 g/mol. The fourth-order valence-corrected chi connectivity index (χ4v) is 3.12. The predicted octanol–water partition coefficient (Wildman–Crippen LogP) is 5.85. The molecule has 0 amide bonds. The Hall–Kier alpha value is -3.81. The Labute approximate surface area is 172 Å². The SMILES string of the molecule is O=c1c2ccccc2nc(C=Cc2ccc(F)c(F)c2)n1-c1cccc(C(F)(F)F)c1. The van der Waals surface area contributed by atoms with Gasteiger partial charge in [-0.25, -0.2) is 13.8 Å². The first-order valence-corrected chi connectivity index (χ1v) is 9.06. The highest BCUT2D eigenvalue weighted by molar-refractivity contribution is 5.80. The van der Waals surface area contributed by atoms with Crippen molar-refractivity contribution in [2.75, 3.05) is 0 Å². The number of hydrogen-bond donors (Lipinski definition) is 0. The first-order chi connectivity index (χ1) is 14.7. The van der Waals surface area contributed by atoms with Crippen LogP contribution < -0.4 is 5.56 Å². The van der Waals surface area contributed by atoms with Gasteiger partial charge in [-0.15, -0.1) is 0 Å². The molecule has 4 rings (SSSR count). The summed E-state index contributed by atoms with van der Waals surface area (Å²) in [5, 5.41) is 0.227. The first-order valence-electron chi connectivity index (χ1n) is 9.06. The average molecular weight is 428 g/mol. The van der Waals surface area contributed by atoms with E-state index < -0.39 is 28.9 Å². The Balaban J connectivity index is 1.93. The molecule has 0 atom stereocenters. The van der Waals surface area contributed by atoms with Crippen LogP contribution in [0.5, 0.6) is 0 Å². The summed E-state index contributed by atoms with van der Waals surface area (Å²) in [7, 11) is 0. The minimum absolute atomic E-state index is 0.0250. The van der Waals surface area contributed by atoms with Crippen LogP contribution in [0.3, 0.4) is 0 Å². The van der Waals surface area contributed by atoms with E-state index >= 15 is 0 Å². The van der Waals surface area contributed by atoms with Crippen molar-refractivity contribution in [3.8, 4) is 5.69 Å². The minimum atomic E-state index is -4.59. The molecule has 0 aliphatic carbocycles. The van der Waals surface area contributed by atoms with Gasteiger partial charge in [0.05, 0.1) is 22.2 Å². The zero-order chi connectivity index (χ0) is 22.2. The Morgan fingerprint density at radius 2 is 1.61 bits per heavy atom. The molecular formula is C23H13F5N2O. The summed E-state index contributed by atoms with van der Waals surface area (Å²) in [5.41, 5.74) is -0.865. The highest BCUT2D eigenvalue weighted by Crippen LogP contribution is 2.30. The van der Waals surface area contributed by atoms with Crippen molar-refractivity contribution in [1.82, 2.24) is 9.55 Å². The summed E-state index contributed by atoms with van der Waals surface area (Å²) < 4.78 is 67.3. The summed E-state index contributed by atoms with van der Waals surface area (Å²) in [4.78, 5) is 17.5. The second-order valence-electron chi connectivity index (χ2n) is 6.68. The van der Waals surface area contributed by atoms with Crippen LogP contribution in [0.25, 0.3) is 28.7 Å². The quantitative estimate of drug-likeness (QED) is 0.384. The van der Waals surface area contributed by atoms with Crippen molar-refractivity contribution in [3.63, 3.8) is 0 Å². The number of para-hydroxylation sites is 1.